The number of halogens is 2. The number of benzene rings is 1. The van der Waals surface area contributed by atoms with Crippen LogP contribution in [0.5, 0.6) is 0 Å². The van der Waals surface area contributed by atoms with E-state index in [0.717, 1.165) is 35.5 Å². The van der Waals surface area contributed by atoms with Gasteiger partial charge in [0.1, 0.15) is 0 Å². The summed E-state index contributed by atoms with van der Waals surface area (Å²) in [6.45, 7) is 8.34. The van der Waals surface area contributed by atoms with E-state index < -0.39 is 0 Å². The molecule has 4 nitrogen and oxygen atoms in total. The summed E-state index contributed by atoms with van der Waals surface area (Å²) in [6.07, 6.45) is 1.65. The summed E-state index contributed by atoms with van der Waals surface area (Å²) in [5.41, 5.74) is 3.28. The Morgan fingerprint density at radius 3 is 2.33 bits per heavy atom. The molecular weight excluding hydrogens is 345 g/mol. The second kappa shape index (κ2) is 8.04. The number of carbonyl (C=O) groups is 1. The van der Waals surface area contributed by atoms with Crippen LogP contribution in [0, 0.1) is 19.8 Å². The molecule has 0 fully saturated rings. The highest BCUT2D eigenvalue weighted by atomic mass is 35.5. The molecule has 2 rings (SSSR count). The van der Waals surface area contributed by atoms with E-state index in [1.54, 1.807) is 0 Å². The maximum absolute atomic E-state index is 12.4. The summed E-state index contributed by atoms with van der Waals surface area (Å²) in [7, 11) is 0. The molecule has 0 unspecified atom stereocenters. The molecule has 1 amide bonds. The molecule has 24 heavy (non-hydrogen) atoms. The SMILES string of the molecule is CCC(CC)C(=O)Nc1c(C)nn(Cc2c(Cl)cccc2Cl)c1C. The van der Waals surface area contributed by atoms with E-state index in [4.69, 9.17) is 23.2 Å². The number of hydrogen-bond donors (Lipinski definition) is 1. The van der Waals surface area contributed by atoms with Crippen LogP contribution < -0.4 is 5.32 Å². The van der Waals surface area contributed by atoms with Gasteiger partial charge in [-0.25, -0.2) is 0 Å². The Morgan fingerprint density at radius 2 is 1.79 bits per heavy atom. The first-order valence-corrected chi connectivity index (χ1v) is 8.92. The van der Waals surface area contributed by atoms with Gasteiger partial charge in [-0.1, -0.05) is 43.1 Å². The third-order valence-corrected chi connectivity index (χ3v) is 5.06. The molecule has 0 aliphatic carbocycles. The molecule has 1 aromatic carbocycles. The van der Waals surface area contributed by atoms with E-state index >= 15 is 0 Å². The van der Waals surface area contributed by atoms with Crippen LogP contribution in [0.1, 0.15) is 43.6 Å². The predicted octanol–water partition coefficient (Wildman–Crippen LogP) is 5.23. The molecule has 1 heterocycles. The van der Waals surface area contributed by atoms with Crippen LogP contribution in [0.4, 0.5) is 5.69 Å². The molecule has 0 spiro atoms. The maximum Gasteiger partial charge on any atom is 0.227 e. The van der Waals surface area contributed by atoms with Gasteiger partial charge in [-0.2, -0.15) is 5.10 Å². The highest BCUT2D eigenvalue weighted by Gasteiger charge is 2.19. The van der Waals surface area contributed by atoms with E-state index in [0.29, 0.717) is 16.6 Å². The van der Waals surface area contributed by atoms with Crippen molar-refractivity contribution < 1.29 is 4.79 Å². The van der Waals surface area contributed by atoms with Crippen molar-refractivity contribution in [2.75, 3.05) is 5.32 Å². The van der Waals surface area contributed by atoms with Gasteiger partial charge >= 0.3 is 0 Å². The summed E-state index contributed by atoms with van der Waals surface area (Å²) in [6, 6.07) is 5.44. The molecule has 0 radical (unpaired) electrons. The fourth-order valence-electron chi connectivity index (χ4n) is 2.75. The Labute approximate surface area is 153 Å². The smallest absolute Gasteiger partial charge is 0.227 e. The van der Waals surface area contributed by atoms with Crippen LogP contribution in [0.3, 0.4) is 0 Å². The summed E-state index contributed by atoms with van der Waals surface area (Å²) in [5.74, 6) is 0.0617. The number of rotatable bonds is 6. The Kier molecular flexibility index (Phi) is 6.30. The highest BCUT2D eigenvalue weighted by Crippen LogP contribution is 2.27. The lowest BCUT2D eigenvalue weighted by Gasteiger charge is -2.13. The van der Waals surface area contributed by atoms with Crippen LogP contribution in [0.15, 0.2) is 18.2 Å². The summed E-state index contributed by atoms with van der Waals surface area (Å²) < 4.78 is 1.82. The van der Waals surface area contributed by atoms with Gasteiger partial charge in [0, 0.05) is 21.5 Å². The number of nitrogens with zero attached hydrogens (tertiary/aromatic N) is 2. The third kappa shape index (κ3) is 3.93. The fourth-order valence-corrected chi connectivity index (χ4v) is 3.27. The minimum Gasteiger partial charge on any atom is -0.323 e. The normalized spacial score (nSPS) is 11.1. The predicted molar refractivity (Wildman–Crippen MR) is 100.0 cm³/mol. The number of anilines is 1. The number of aryl methyl sites for hydroxylation is 1. The lowest BCUT2D eigenvalue weighted by Crippen LogP contribution is -2.22. The topological polar surface area (TPSA) is 46.9 Å². The average Bonchev–Trinajstić information content (AvgIpc) is 2.80. The molecule has 0 saturated carbocycles. The zero-order valence-corrected chi connectivity index (χ0v) is 16.0. The molecule has 6 heteroatoms. The first-order valence-electron chi connectivity index (χ1n) is 8.16. The Hall–Kier alpha value is -1.52. The van der Waals surface area contributed by atoms with E-state index in [1.807, 2.05) is 50.6 Å². The lowest BCUT2D eigenvalue weighted by molar-refractivity contribution is -0.120. The van der Waals surface area contributed by atoms with Crippen molar-refractivity contribution in [1.82, 2.24) is 9.78 Å². The lowest BCUT2D eigenvalue weighted by atomic mass is 10.0. The highest BCUT2D eigenvalue weighted by molar-refractivity contribution is 6.35. The van der Waals surface area contributed by atoms with Crippen molar-refractivity contribution in [3.63, 3.8) is 0 Å². The van der Waals surface area contributed by atoms with Crippen LogP contribution in [-0.4, -0.2) is 15.7 Å². The minimum absolute atomic E-state index is 0.0187. The van der Waals surface area contributed by atoms with Crippen molar-refractivity contribution in [3.05, 3.63) is 45.2 Å². The molecule has 0 bridgehead atoms. The van der Waals surface area contributed by atoms with E-state index in [-0.39, 0.29) is 11.8 Å². The van der Waals surface area contributed by atoms with Crippen LogP contribution in [0.2, 0.25) is 10.0 Å². The number of carbonyl (C=O) groups excluding carboxylic acids is 1. The Bertz CT molecular complexity index is 716. The van der Waals surface area contributed by atoms with Gasteiger partial charge in [0.2, 0.25) is 5.91 Å². The zero-order chi connectivity index (χ0) is 17.9. The number of amides is 1. The van der Waals surface area contributed by atoms with Gasteiger partial charge in [-0.3, -0.25) is 9.48 Å². The first kappa shape index (κ1) is 18.8. The summed E-state index contributed by atoms with van der Waals surface area (Å²) in [4.78, 5) is 12.4. The average molecular weight is 368 g/mol. The van der Waals surface area contributed by atoms with E-state index in [1.165, 1.54) is 0 Å². The Morgan fingerprint density at radius 1 is 1.21 bits per heavy atom. The van der Waals surface area contributed by atoms with Crippen LogP contribution in [-0.2, 0) is 11.3 Å². The van der Waals surface area contributed by atoms with Crippen molar-refractivity contribution in [2.45, 2.75) is 47.1 Å². The molecule has 0 atom stereocenters. The van der Waals surface area contributed by atoms with Crippen LogP contribution in [0.25, 0.3) is 0 Å². The van der Waals surface area contributed by atoms with Crippen molar-refractivity contribution in [3.8, 4) is 0 Å². The second-order valence-electron chi connectivity index (χ2n) is 5.91. The molecule has 1 aromatic heterocycles. The number of nitrogens with one attached hydrogen (secondary N) is 1. The van der Waals surface area contributed by atoms with Gasteiger partial charge in [0.05, 0.1) is 23.6 Å². The number of aromatic nitrogens is 2. The zero-order valence-electron chi connectivity index (χ0n) is 14.5. The molecule has 2 aromatic rings. The standard InChI is InChI=1S/C18H23Cl2N3O/c1-5-13(6-2)18(24)21-17-11(3)22-23(12(17)4)10-14-15(19)8-7-9-16(14)20/h7-9,13H,5-6,10H2,1-4H3,(H,21,24). The quantitative estimate of drug-likeness (QED) is 0.759. The Balaban J connectivity index is 2.28. The van der Waals surface area contributed by atoms with E-state index in [9.17, 15) is 4.79 Å². The van der Waals surface area contributed by atoms with Crippen molar-refractivity contribution in [1.29, 1.82) is 0 Å². The minimum atomic E-state index is 0.0187. The van der Waals surface area contributed by atoms with E-state index in [2.05, 4.69) is 10.4 Å². The van der Waals surface area contributed by atoms with Crippen molar-refractivity contribution in [2.24, 2.45) is 5.92 Å². The van der Waals surface area contributed by atoms with Gasteiger partial charge in [0.15, 0.2) is 0 Å². The molecule has 1 N–H and O–H groups in total. The largest absolute Gasteiger partial charge is 0.323 e. The number of hydrogen-bond acceptors (Lipinski definition) is 2. The van der Waals surface area contributed by atoms with Gasteiger partial charge in [-0.15, -0.1) is 0 Å². The van der Waals surface area contributed by atoms with Crippen molar-refractivity contribution >= 4 is 34.8 Å². The van der Waals surface area contributed by atoms with Gasteiger partial charge in [-0.05, 0) is 38.8 Å². The van der Waals surface area contributed by atoms with Gasteiger partial charge in [0.25, 0.3) is 0 Å². The second-order valence-corrected chi connectivity index (χ2v) is 6.72. The third-order valence-electron chi connectivity index (χ3n) is 4.36. The molecule has 0 aliphatic rings. The summed E-state index contributed by atoms with van der Waals surface area (Å²) >= 11 is 12.5. The van der Waals surface area contributed by atoms with Gasteiger partial charge < -0.3 is 5.32 Å². The fraction of sp³-hybridized carbons (Fsp3) is 0.444. The molecular formula is C18H23Cl2N3O. The molecule has 130 valence electrons. The molecule has 0 saturated heterocycles. The molecule has 0 aliphatic heterocycles. The summed E-state index contributed by atoms with van der Waals surface area (Å²) in [5, 5.41) is 8.78. The monoisotopic (exact) mass is 367 g/mol. The van der Waals surface area contributed by atoms with Crippen LogP contribution >= 0.6 is 23.2 Å². The maximum atomic E-state index is 12.4. The first-order chi connectivity index (χ1) is 11.4.